The number of ether oxygens (including phenoxy) is 1. The quantitative estimate of drug-likeness (QED) is 0.713. The lowest BCUT2D eigenvalue weighted by Gasteiger charge is -2.38. The van der Waals surface area contributed by atoms with Crippen molar-refractivity contribution in [1.82, 2.24) is 10.2 Å². The van der Waals surface area contributed by atoms with E-state index in [1.54, 1.807) is 0 Å². The molecular formula is C14H28N2O2. The highest BCUT2D eigenvalue weighted by Crippen LogP contribution is 2.20. The molecule has 4 heteroatoms. The molecule has 0 amide bonds. The molecule has 0 radical (unpaired) electrons. The smallest absolute Gasteiger partial charge is 0.0674 e. The number of nitrogens with zero attached hydrogens (tertiary/aromatic N) is 1. The second kappa shape index (κ2) is 6.85. The Hall–Kier alpha value is -0.160. The van der Waals surface area contributed by atoms with Crippen molar-refractivity contribution in [1.29, 1.82) is 0 Å². The molecular weight excluding hydrogens is 228 g/mol. The maximum absolute atomic E-state index is 9.40. The van der Waals surface area contributed by atoms with E-state index in [0.29, 0.717) is 18.2 Å². The van der Waals surface area contributed by atoms with Gasteiger partial charge in [-0.15, -0.1) is 0 Å². The van der Waals surface area contributed by atoms with E-state index in [1.807, 2.05) is 0 Å². The summed E-state index contributed by atoms with van der Waals surface area (Å²) in [5, 5.41) is 12.9. The zero-order valence-electron chi connectivity index (χ0n) is 11.8. The molecule has 3 atom stereocenters. The molecule has 0 bridgehead atoms. The number of aliphatic hydroxyl groups is 1. The van der Waals surface area contributed by atoms with Gasteiger partial charge in [0.2, 0.25) is 0 Å². The minimum absolute atomic E-state index is 0.257. The van der Waals surface area contributed by atoms with E-state index in [9.17, 15) is 5.11 Å². The van der Waals surface area contributed by atoms with Crippen LogP contribution in [-0.2, 0) is 4.74 Å². The molecule has 18 heavy (non-hydrogen) atoms. The summed E-state index contributed by atoms with van der Waals surface area (Å²) in [5.74, 6) is 0. The van der Waals surface area contributed by atoms with Crippen molar-refractivity contribution in [2.24, 2.45) is 0 Å². The highest BCUT2D eigenvalue weighted by molar-refractivity contribution is 4.86. The van der Waals surface area contributed by atoms with Crippen LogP contribution in [0.5, 0.6) is 0 Å². The standard InChI is InChI=1S/C14H28N2O2/c1-3-14-10-18-11(2)8-16(14)7-6-13(9-17)15-12-4-5-12/h11-15,17H,3-10H2,1-2H3. The third kappa shape index (κ3) is 4.19. The maximum atomic E-state index is 9.40. The Morgan fingerprint density at radius 2 is 2.22 bits per heavy atom. The van der Waals surface area contributed by atoms with E-state index >= 15 is 0 Å². The Labute approximate surface area is 111 Å². The van der Waals surface area contributed by atoms with Gasteiger partial charge in [0.25, 0.3) is 0 Å². The van der Waals surface area contributed by atoms with Gasteiger partial charge in [-0.1, -0.05) is 6.92 Å². The molecule has 3 unspecified atom stereocenters. The average molecular weight is 256 g/mol. The summed E-state index contributed by atoms with van der Waals surface area (Å²) in [6.07, 6.45) is 5.09. The SMILES string of the molecule is CCC1COC(C)CN1CCC(CO)NC1CC1. The van der Waals surface area contributed by atoms with Gasteiger partial charge in [0, 0.05) is 31.2 Å². The highest BCUT2D eigenvalue weighted by atomic mass is 16.5. The minimum Gasteiger partial charge on any atom is -0.395 e. The van der Waals surface area contributed by atoms with Gasteiger partial charge in [-0.3, -0.25) is 4.90 Å². The predicted molar refractivity (Wildman–Crippen MR) is 72.7 cm³/mol. The van der Waals surface area contributed by atoms with Crippen molar-refractivity contribution >= 4 is 0 Å². The molecule has 2 rings (SSSR count). The fourth-order valence-corrected chi connectivity index (χ4v) is 2.70. The van der Waals surface area contributed by atoms with Gasteiger partial charge in [0.05, 0.1) is 19.3 Å². The van der Waals surface area contributed by atoms with Crippen LogP contribution >= 0.6 is 0 Å². The van der Waals surface area contributed by atoms with Crippen LogP contribution in [-0.4, -0.2) is 60.5 Å². The second-order valence-corrected chi connectivity index (χ2v) is 5.81. The summed E-state index contributed by atoms with van der Waals surface area (Å²) >= 11 is 0. The maximum Gasteiger partial charge on any atom is 0.0674 e. The van der Waals surface area contributed by atoms with Gasteiger partial charge in [-0.05, 0) is 32.6 Å². The number of nitrogens with one attached hydrogen (secondary N) is 1. The fourth-order valence-electron chi connectivity index (χ4n) is 2.70. The molecule has 0 aromatic heterocycles. The van der Waals surface area contributed by atoms with Crippen molar-refractivity contribution in [3.8, 4) is 0 Å². The normalized spacial score (nSPS) is 31.5. The fraction of sp³-hybridized carbons (Fsp3) is 1.00. The Morgan fingerprint density at radius 3 is 2.83 bits per heavy atom. The summed E-state index contributed by atoms with van der Waals surface area (Å²) in [7, 11) is 0. The van der Waals surface area contributed by atoms with Crippen LogP contribution < -0.4 is 5.32 Å². The van der Waals surface area contributed by atoms with E-state index in [1.165, 1.54) is 12.8 Å². The van der Waals surface area contributed by atoms with Gasteiger partial charge in [-0.2, -0.15) is 0 Å². The predicted octanol–water partition coefficient (Wildman–Crippen LogP) is 0.989. The van der Waals surface area contributed by atoms with Crippen LogP contribution in [0.25, 0.3) is 0 Å². The van der Waals surface area contributed by atoms with E-state index in [2.05, 4.69) is 24.1 Å². The summed E-state index contributed by atoms with van der Waals surface area (Å²) in [4.78, 5) is 2.53. The van der Waals surface area contributed by atoms with Crippen LogP contribution in [0.15, 0.2) is 0 Å². The molecule has 1 aliphatic heterocycles. The third-order valence-corrected chi connectivity index (χ3v) is 4.09. The Bertz CT molecular complexity index is 246. The van der Waals surface area contributed by atoms with E-state index in [4.69, 9.17) is 4.74 Å². The average Bonchev–Trinajstić information content (AvgIpc) is 3.18. The molecule has 4 nitrogen and oxygen atoms in total. The summed E-state index contributed by atoms with van der Waals surface area (Å²) in [5.41, 5.74) is 0. The number of hydrogen-bond donors (Lipinski definition) is 2. The lowest BCUT2D eigenvalue weighted by Crippen LogP contribution is -2.50. The number of hydrogen-bond acceptors (Lipinski definition) is 4. The van der Waals surface area contributed by atoms with E-state index < -0.39 is 0 Å². The zero-order valence-corrected chi connectivity index (χ0v) is 11.8. The monoisotopic (exact) mass is 256 g/mol. The first-order valence-corrected chi connectivity index (χ1v) is 7.45. The van der Waals surface area contributed by atoms with Crippen molar-refractivity contribution in [2.45, 2.75) is 63.8 Å². The second-order valence-electron chi connectivity index (χ2n) is 5.81. The van der Waals surface area contributed by atoms with E-state index in [-0.39, 0.29) is 12.6 Å². The highest BCUT2D eigenvalue weighted by Gasteiger charge is 2.27. The Kier molecular flexibility index (Phi) is 5.42. The van der Waals surface area contributed by atoms with Gasteiger partial charge in [0.15, 0.2) is 0 Å². The zero-order chi connectivity index (χ0) is 13.0. The van der Waals surface area contributed by atoms with Crippen LogP contribution in [0.3, 0.4) is 0 Å². The molecule has 0 spiro atoms. The first kappa shape index (κ1) is 14.3. The largest absolute Gasteiger partial charge is 0.395 e. The Balaban J connectivity index is 1.74. The Morgan fingerprint density at radius 1 is 1.44 bits per heavy atom. The van der Waals surface area contributed by atoms with Gasteiger partial charge in [0.1, 0.15) is 0 Å². The van der Waals surface area contributed by atoms with E-state index in [0.717, 1.165) is 32.5 Å². The van der Waals surface area contributed by atoms with Crippen molar-refractivity contribution in [3.63, 3.8) is 0 Å². The molecule has 1 heterocycles. The molecule has 2 fully saturated rings. The van der Waals surface area contributed by atoms with Gasteiger partial charge >= 0.3 is 0 Å². The van der Waals surface area contributed by atoms with Gasteiger partial charge < -0.3 is 15.2 Å². The van der Waals surface area contributed by atoms with Gasteiger partial charge in [-0.25, -0.2) is 0 Å². The molecule has 1 aliphatic carbocycles. The molecule has 2 aliphatic rings. The topological polar surface area (TPSA) is 44.7 Å². The first-order valence-electron chi connectivity index (χ1n) is 7.45. The van der Waals surface area contributed by atoms with Crippen LogP contribution in [0, 0.1) is 0 Å². The molecule has 1 saturated carbocycles. The number of morpholine rings is 1. The molecule has 0 aromatic carbocycles. The molecule has 2 N–H and O–H groups in total. The van der Waals surface area contributed by atoms with Crippen LogP contribution in [0.1, 0.15) is 39.5 Å². The third-order valence-electron chi connectivity index (χ3n) is 4.09. The summed E-state index contributed by atoms with van der Waals surface area (Å²) < 4.78 is 5.71. The number of rotatable bonds is 7. The first-order chi connectivity index (χ1) is 8.72. The lowest BCUT2D eigenvalue weighted by molar-refractivity contribution is -0.0570. The lowest BCUT2D eigenvalue weighted by atomic mass is 10.1. The summed E-state index contributed by atoms with van der Waals surface area (Å²) in [6, 6.07) is 1.50. The van der Waals surface area contributed by atoms with Crippen molar-refractivity contribution < 1.29 is 9.84 Å². The number of aliphatic hydroxyl groups excluding tert-OH is 1. The summed E-state index contributed by atoms with van der Waals surface area (Å²) in [6.45, 7) is 7.58. The molecule has 0 aromatic rings. The van der Waals surface area contributed by atoms with Crippen molar-refractivity contribution in [3.05, 3.63) is 0 Å². The minimum atomic E-state index is 0.257. The molecule has 1 saturated heterocycles. The van der Waals surface area contributed by atoms with Crippen LogP contribution in [0.2, 0.25) is 0 Å². The van der Waals surface area contributed by atoms with Crippen molar-refractivity contribution in [2.75, 3.05) is 26.3 Å². The van der Waals surface area contributed by atoms with Crippen LogP contribution in [0.4, 0.5) is 0 Å². The molecule has 106 valence electrons.